The summed E-state index contributed by atoms with van der Waals surface area (Å²) >= 11 is 0. The SMILES string of the molecule is C#Cc1cccc2cc(O)cc(-c3ncc4c(N5C[C@H]6CC[C@@H](C5)N6)nc(OCC5(CN(CC)CC(F)(F)F)CC5)nc4c3F)c12. The van der Waals surface area contributed by atoms with Gasteiger partial charge in [-0.2, -0.15) is 23.1 Å². The van der Waals surface area contributed by atoms with Gasteiger partial charge in [0.1, 0.15) is 22.8 Å². The topological polar surface area (TPSA) is 86.6 Å². The zero-order valence-corrected chi connectivity index (χ0v) is 25.4. The van der Waals surface area contributed by atoms with E-state index in [1.54, 1.807) is 37.4 Å². The molecule has 8 nitrogen and oxygen atoms in total. The van der Waals surface area contributed by atoms with Crippen molar-refractivity contribution < 1.29 is 27.4 Å². The normalized spacial score (nSPS) is 20.4. The van der Waals surface area contributed by atoms with Crippen LogP contribution in [0.5, 0.6) is 11.8 Å². The number of terminal acetylenes is 1. The number of hydrogen-bond donors (Lipinski definition) is 2. The average molecular weight is 635 g/mol. The fourth-order valence-electron chi connectivity index (χ4n) is 6.95. The van der Waals surface area contributed by atoms with Crippen LogP contribution in [0.2, 0.25) is 0 Å². The summed E-state index contributed by atoms with van der Waals surface area (Å²) < 4.78 is 62.3. The molecule has 3 aliphatic rings. The number of aromatic hydroxyl groups is 1. The van der Waals surface area contributed by atoms with Crippen molar-refractivity contribution in [1.82, 2.24) is 25.2 Å². The first-order chi connectivity index (χ1) is 22.0. The average Bonchev–Trinajstić information content (AvgIpc) is 3.71. The number of anilines is 1. The number of aromatic nitrogens is 3. The summed E-state index contributed by atoms with van der Waals surface area (Å²) in [5, 5.41) is 15.7. The van der Waals surface area contributed by atoms with Gasteiger partial charge in [0.15, 0.2) is 5.82 Å². The molecule has 46 heavy (non-hydrogen) atoms. The summed E-state index contributed by atoms with van der Waals surface area (Å²) in [7, 11) is 0. The Kier molecular flexibility index (Phi) is 7.64. The maximum atomic E-state index is 16.7. The lowest BCUT2D eigenvalue weighted by Crippen LogP contribution is -2.51. The first kappa shape index (κ1) is 30.4. The molecule has 2 saturated heterocycles. The molecule has 0 radical (unpaired) electrons. The minimum absolute atomic E-state index is 0.00247. The second-order valence-electron chi connectivity index (χ2n) is 12.8. The molecular formula is C34H34F4N6O2. The van der Waals surface area contributed by atoms with E-state index in [1.807, 2.05) is 0 Å². The summed E-state index contributed by atoms with van der Waals surface area (Å²) in [5.74, 6) is 2.36. The van der Waals surface area contributed by atoms with Gasteiger partial charge in [0.05, 0.1) is 18.5 Å². The maximum absolute atomic E-state index is 16.7. The predicted molar refractivity (Wildman–Crippen MR) is 167 cm³/mol. The Hall–Kier alpha value is -4.21. The van der Waals surface area contributed by atoms with Crippen molar-refractivity contribution in [2.75, 3.05) is 44.2 Å². The number of rotatable bonds is 9. The van der Waals surface area contributed by atoms with Gasteiger partial charge in [-0.05, 0) is 55.8 Å². The van der Waals surface area contributed by atoms with E-state index in [-0.39, 0.29) is 54.8 Å². The number of pyridine rings is 1. The molecule has 0 spiro atoms. The fraction of sp³-hybridized carbons (Fsp3) is 0.441. The lowest BCUT2D eigenvalue weighted by molar-refractivity contribution is -0.147. The van der Waals surface area contributed by atoms with Crippen LogP contribution in [0.3, 0.4) is 0 Å². The van der Waals surface area contributed by atoms with Gasteiger partial charge in [-0.1, -0.05) is 25.0 Å². The second kappa shape index (κ2) is 11.5. The molecule has 1 aliphatic carbocycles. The number of phenolic OH excluding ortho intramolecular Hbond substituents is 1. The van der Waals surface area contributed by atoms with Crippen LogP contribution in [0.1, 0.15) is 38.2 Å². The molecule has 0 amide bonds. The smallest absolute Gasteiger partial charge is 0.401 e. The molecule has 12 heteroatoms. The minimum Gasteiger partial charge on any atom is -0.508 e. The van der Waals surface area contributed by atoms with Crippen LogP contribution in [0.15, 0.2) is 36.5 Å². The van der Waals surface area contributed by atoms with Crippen molar-refractivity contribution in [3.8, 4) is 35.4 Å². The van der Waals surface area contributed by atoms with E-state index in [0.29, 0.717) is 59.0 Å². The quantitative estimate of drug-likeness (QED) is 0.180. The molecule has 2 atom stereocenters. The van der Waals surface area contributed by atoms with E-state index < -0.39 is 24.0 Å². The molecule has 4 heterocycles. The van der Waals surface area contributed by atoms with Crippen molar-refractivity contribution in [3.05, 3.63) is 47.9 Å². The van der Waals surface area contributed by atoms with Gasteiger partial charge in [-0.3, -0.25) is 9.88 Å². The fourth-order valence-corrected chi connectivity index (χ4v) is 6.95. The first-order valence-corrected chi connectivity index (χ1v) is 15.6. The zero-order valence-electron chi connectivity index (χ0n) is 25.4. The molecule has 2 aromatic carbocycles. The van der Waals surface area contributed by atoms with Gasteiger partial charge in [0.25, 0.3) is 0 Å². The Labute approximate surface area is 263 Å². The Morgan fingerprint density at radius 3 is 2.61 bits per heavy atom. The summed E-state index contributed by atoms with van der Waals surface area (Å²) in [6.45, 7) is 2.66. The number of hydrogen-bond acceptors (Lipinski definition) is 8. The summed E-state index contributed by atoms with van der Waals surface area (Å²) in [6, 6.07) is 8.80. The van der Waals surface area contributed by atoms with Crippen molar-refractivity contribution >= 4 is 27.5 Å². The maximum Gasteiger partial charge on any atom is 0.401 e. The van der Waals surface area contributed by atoms with E-state index in [9.17, 15) is 18.3 Å². The third-order valence-electron chi connectivity index (χ3n) is 9.41. The van der Waals surface area contributed by atoms with Gasteiger partial charge in [0, 0.05) is 59.8 Å². The lowest BCUT2D eigenvalue weighted by Gasteiger charge is -2.34. The van der Waals surface area contributed by atoms with Gasteiger partial charge in [0.2, 0.25) is 0 Å². The number of alkyl halides is 3. The minimum atomic E-state index is -4.29. The number of halogens is 4. The highest BCUT2D eigenvalue weighted by Crippen LogP contribution is 2.47. The number of phenols is 1. The highest BCUT2D eigenvalue weighted by atomic mass is 19.4. The van der Waals surface area contributed by atoms with Crippen LogP contribution in [-0.2, 0) is 0 Å². The third kappa shape index (κ3) is 5.89. The second-order valence-corrected chi connectivity index (χ2v) is 12.8. The van der Waals surface area contributed by atoms with E-state index >= 15 is 4.39 Å². The van der Waals surface area contributed by atoms with E-state index in [4.69, 9.17) is 16.1 Å². The number of benzene rings is 2. The van der Waals surface area contributed by atoms with Gasteiger partial charge < -0.3 is 20.1 Å². The molecule has 7 rings (SSSR count). The largest absolute Gasteiger partial charge is 0.508 e. The van der Waals surface area contributed by atoms with Crippen LogP contribution < -0.4 is 15.0 Å². The van der Waals surface area contributed by atoms with Crippen LogP contribution in [0, 0.1) is 23.6 Å². The molecular weight excluding hydrogens is 600 g/mol. The van der Waals surface area contributed by atoms with Crippen LogP contribution in [0.25, 0.3) is 32.9 Å². The molecule has 3 fully saturated rings. The highest BCUT2D eigenvalue weighted by Gasteiger charge is 2.46. The lowest BCUT2D eigenvalue weighted by atomic mass is 9.96. The Morgan fingerprint density at radius 2 is 1.93 bits per heavy atom. The molecule has 2 aromatic heterocycles. The summed E-state index contributed by atoms with van der Waals surface area (Å²) in [6.07, 6.45) is 6.53. The Balaban J connectivity index is 1.29. The predicted octanol–water partition coefficient (Wildman–Crippen LogP) is 5.65. The van der Waals surface area contributed by atoms with E-state index in [2.05, 4.69) is 26.1 Å². The molecule has 2 bridgehead atoms. The molecule has 4 aromatic rings. The van der Waals surface area contributed by atoms with Gasteiger partial charge in [-0.15, -0.1) is 6.42 Å². The van der Waals surface area contributed by atoms with Crippen LogP contribution >= 0.6 is 0 Å². The Bertz CT molecular complexity index is 1840. The van der Waals surface area contributed by atoms with Crippen molar-refractivity contribution in [2.24, 2.45) is 5.41 Å². The molecule has 2 aliphatic heterocycles. The van der Waals surface area contributed by atoms with E-state index in [0.717, 1.165) is 12.8 Å². The third-order valence-corrected chi connectivity index (χ3v) is 9.41. The van der Waals surface area contributed by atoms with Crippen LogP contribution in [0.4, 0.5) is 23.4 Å². The number of fused-ring (bicyclic) bond motifs is 4. The Morgan fingerprint density at radius 1 is 1.17 bits per heavy atom. The van der Waals surface area contributed by atoms with E-state index in [1.165, 1.54) is 11.0 Å². The zero-order chi connectivity index (χ0) is 32.2. The highest BCUT2D eigenvalue weighted by molar-refractivity contribution is 6.02. The number of nitrogens with one attached hydrogen (secondary N) is 1. The summed E-state index contributed by atoms with van der Waals surface area (Å²) in [4.78, 5) is 17.3. The molecule has 240 valence electrons. The first-order valence-electron chi connectivity index (χ1n) is 15.6. The molecule has 2 N–H and O–H groups in total. The molecule has 0 unspecified atom stereocenters. The summed E-state index contributed by atoms with van der Waals surface area (Å²) in [5.41, 5.74) is 0.368. The van der Waals surface area contributed by atoms with Crippen molar-refractivity contribution in [1.29, 1.82) is 0 Å². The van der Waals surface area contributed by atoms with Gasteiger partial charge in [-0.25, -0.2) is 4.39 Å². The standard InChI is InChI=1S/C34H34F4N6O2/c1-3-20-6-5-7-21-12-24(45)13-25(27(20)21)29-28(35)30-26(14-39-29)31(44-15-22-8-9-23(16-44)40-22)42-32(41-30)46-19-33(10-11-33)17-43(4-2)18-34(36,37)38/h1,5-7,12-14,22-23,40,45H,4,8-11,15-19H2,2H3/t22-,23+. The number of nitrogens with zero attached hydrogens (tertiary/aromatic N) is 5. The van der Waals surface area contributed by atoms with Gasteiger partial charge >= 0.3 is 12.2 Å². The van der Waals surface area contributed by atoms with Crippen molar-refractivity contribution in [3.63, 3.8) is 0 Å². The molecule has 1 saturated carbocycles. The number of ether oxygens (including phenoxy) is 1. The van der Waals surface area contributed by atoms with Crippen molar-refractivity contribution in [2.45, 2.75) is 50.9 Å². The van der Waals surface area contributed by atoms with Crippen LogP contribution in [-0.4, -0.2) is 82.5 Å². The number of piperazine rings is 1. The monoisotopic (exact) mass is 634 g/mol.